The van der Waals surface area contributed by atoms with E-state index in [2.05, 4.69) is 6.92 Å². The molecule has 25 heavy (non-hydrogen) atoms. The number of unbranched alkanes of at least 4 members (excludes halogenated alkanes) is 6. The number of carboxylic acids is 1. The van der Waals surface area contributed by atoms with Crippen molar-refractivity contribution >= 4 is 17.5 Å². The van der Waals surface area contributed by atoms with Gasteiger partial charge in [0.1, 0.15) is 5.78 Å². The van der Waals surface area contributed by atoms with Crippen LogP contribution in [0.5, 0.6) is 0 Å². The van der Waals surface area contributed by atoms with Gasteiger partial charge in [0.25, 0.3) is 0 Å². The van der Waals surface area contributed by atoms with Gasteiger partial charge in [-0.2, -0.15) is 0 Å². The summed E-state index contributed by atoms with van der Waals surface area (Å²) in [5, 5.41) is 8.62. The van der Waals surface area contributed by atoms with Crippen molar-refractivity contribution in [2.24, 2.45) is 11.8 Å². The molecule has 0 spiro atoms. The Morgan fingerprint density at radius 2 is 1.72 bits per heavy atom. The van der Waals surface area contributed by atoms with E-state index >= 15 is 0 Å². The highest BCUT2D eigenvalue weighted by Gasteiger charge is 2.32. The van der Waals surface area contributed by atoms with Crippen molar-refractivity contribution in [3.05, 3.63) is 12.2 Å². The molecule has 1 saturated carbocycles. The highest BCUT2D eigenvalue weighted by atomic mass is 16.4. The molecule has 1 fully saturated rings. The van der Waals surface area contributed by atoms with Crippen LogP contribution in [0, 0.1) is 11.8 Å². The summed E-state index contributed by atoms with van der Waals surface area (Å²) in [6.45, 7) is 2.16. The number of carboxylic acid groups (broad SMARTS) is 1. The number of carbonyl (C=O) groups excluding carboxylic acids is 2. The van der Waals surface area contributed by atoms with Crippen molar-refractivity contribution < 1.29 is 19.5 Å². The quantitative estimate of drug-likeness (QED) is 0.349. The predicted molar refractivity (Wildman–Crippen MR) is 99.5 cm³/mol. The average Bonchev–Trinajstić information content (AvgIpc) is 2.93. The molecule has 0 aromatic heterocycles. The van der Waals surface area contributed by atoms with Gasteiger partial charge in [0.2, 0.25) is 0 Å². The first-order chi connectivity index (χ1) is 12.0. The highest BCUT2D eigenvalue weighted by Crippen LogP contribution is 2.33. The number of ketones is 2. The molecule has 0 aliphatic heterocycles. The fourth-order valence-electron chi connectivity index (χ4n) is 3.57. The van der Waals surface area contributed by atoms with E-state index in [-0.39, 0.29) is 24.0 Å². The molecule has 1 aliphatic carbocycles. The van der Waals surface area contributed by atoms with E-state index in [1.165, 1.54) is 12.8 Å². The molecule has 0 bridgehead atoms. The van der Waals surface area contributed by atoms with E-state index in [0.717, 1.165) is 44.9 Å². The number of Topliss-reactive ketones (excluding diaryl/α,β-unsaturated/α-hetero) is 1. The molecule has 0 saturated heterocycles. The standard InChI is InChI=1S/C21H34O4/c1-2-3-4-7-10-18(22)15-13-17-14-16-20(23)19(17)11-8-5-6-9-12-21(24)25/h13,15,17,19H,2-12,14,16H2,1H3,(H,24,25)/b15-13+. The minimum atomic E-state index is -0.740. The van der Waals surface area contributed by atoms with Gasteiger partial charge in [0.15, 0.2) is 5.78 Å². The van der Waals surface area contributed by atoms with Gasteiger partial charge >= 0.3 is 5.97 Å². The summed E-state index contributed by atoms with van der Waals surface area (Å²) in [5.41, 5.74) is 0. The van der Waals surface area contributed by atoms with Gasteiger partial charge in [-0.25, -0.2) is 0 Å². The molecule has 4 heteroatoms. The first kappa shape index (κ1) is 21.6. The van der Waals surface area contributed by atoms with Crippen LogP contribution in [0.15, 0.2) is 12.2 Å². The van der Waals surface area contributed by atoms with Crippen LogP contribution < -0.4 is 0 Å². The lowest BCUT2D eigenvalue weighted by Crippen LogP contribution is -2.13. The van der Waals surface area contributed by atoms with Gasteiger partial charge < -0.3 is 5.11 Å². The summed E-state index contributed by atoms with van der Waals surface area (Å²) in [6.07, 6.45) is 14.9. The molecule has 1 rings (SSSR count). The molecule has 0 aromatic carbocycles. The minimum Gasteiger partial charge on any atom is -0.481 e. The fourth-order valence-corrected chi connectivity index (χ4v) is 3.57. The number of rotatable bonds is 14. The lowest BCUT2D eigenvalue weighted by atomic mass is 9.89. The molecule has 0 heterocycles. The maximum Gasteiger partial charge on any atom is 0.303 e. The highest BCUT2D eigenvalue weighted by molar-refractivity contribution is 5.90. The van der Waals surface area contributed by atoms with Crippen molar-refractivity contribution in [1.82, 2.24) is 0 Å². The number of allylic oxidation sites excluding steroid dienone is 2. The zero-order valence-electron chi connectivity index (χ0n) is 15.7. The Hall–Kier alpha value is -1.45. The van der Waals surface area contributed by atoms with E-state index < -0.39 is 5.97 Å². The number of aliphatic carboxylic acids is 1. The van der Waals surface area contributed by atoms with Gasteiger partial charge in [-0.3, -0.25) is 14.4 Å². The summed E-state index contributed by atoms with van der Waals surface area (Å²) in [5.74, 6) is 0.0451. The summed E-state index contributed by atoms with van der Waals surface area (Å²) >= 11 is 0. The van der Waals surface area contributed by atoms with Crippen molar-refractivity contribution in [2.75, 3.05) is 0 Å². The van der Waals surface area contributed by atoms with Gasteiger partial charge in [-0.15, -0.1) is 0 Å². The van der Waals surface area contributed by atoms with Crippen molar-refractivity contribution in [2.45, 2.75) is 90.4 Å². The Labute approximate surface area is 152 Å². The predicted octanol–water partition coefficient (Wildman–Crippen LogP) is 5.10. The molecule has 0 radical (unpaired) electrons. The second kappa shape index (κ2) is 12.8. The molecular weight excluding hydrogens is 316 g/mol. The average molecular weight is 350 g/mol. The van der Waals surface area contributed by atoms with Crippen LogP contribution >= 0.6 is 0 Å². The van der Waals surface area contributed by atoms with Crippen LogP contribution in [0.4, 0.5) is 0 Å². The second-order valence-corrected chi connectivity index (χ2v) is 7.26. The molecular formula is C21H34O4. The monoisotopic (exact) mass is 350 g/mol. The normalized spacial score (nSPS) is 20.4. The lowest BCUT2D eigenvalue weighted by molar-refractivity contribution is -0.137. The number of carbonyl (C=O) groups is 3. The van der Waals surface area contributed by atoms with Crippen LogP contribution in [-0.4, -0.2) is 22.6 Å². The summed E-state index contributed by atoms with van der Waals surface area (Å²) < 4.78 is 0. The Morgan fingerprint density at radius 1 is 1.04 bits per heavy atom. The maximum atomic E-state index is 12.1. The van der Waals surface area contributed by atoms with Crippen molar-refractivity contribution in [3.63, 3.8) is 0 Å². The Bertz CT molecular complexity index is 453. The third-order valence-electron chi connectivity index (χ3n) is 5.12. The van der Waals surface area contributed by atoms with Gasteiger partial charge in [-0.05, 0) is 37.7 Å². The number of hydrogen-bond donors (Lipinski definition) is 1. The first-order valence-electron chi connectivity index (χ1n) is 10.00. The van der Waals surface area contributed by atoms with Crippen LogP contribution in [0.25, 0.3) is 0 Å². The second-order valence-electron chi connectivity index (χ2n) is 7.26. The third kappa shape index (κ3) is 9.57. The van der Waals surface area contributed by atoms with Crippen molar-refractivity contribution in [3.8, 4) is 0 Å². The Morgan fingerprint density at radius 3 is 2.44 bits per heavy atom. The molecule has 4 nitrogen and oxygen atoms in total. The summed E-state index contributed by atoms with van der Waals surface area (Å²) in [6, 6.07) is 0. The van der Waals surface area contributed by atoms with Gasteiger partial charge in [-0.1, -0.05) is 51.5 Å². The summed E-state index contributed by atoms with van der Waals surface area (Å²) in [4.78, 5) is 34.5. The van der Waals surface area contributed by atoms with Crippen LogP contribution in [0.1, 0.15) is 90.4 Å². The maximum absolute atomic E-state index is 12.1. The van der Waals surface area contributed by atoms with E-state index in [4.69, 9.17) is 5.11 Å². The molecule has 0 aromatic rings. The van der Waals surface area contributed by atoms with Crippen LogP contribution in [-0.2, 0) is 14.4 Å². The zero-order chi connectivity index (χ0) is 18.5. The lowest BCUT2D eigenvalue weighted by Gasteiger charge is -2.14. The van der Waals surface area contributed by atoms with E-state index in [9.17, 15) is 14.4 Å². The molecule has 2 atom stereocenters. The van der Waals surface area contributed by atoms with Gasteiger partial charge in [0.05, 0.1) is 0 Å². The summed E-state index contributed by atoms with van der Waals surface area (Å²) in [7, 11) is 0. The third-order valence-corrected chi connectivity index (χ3v) is 5.12. The molecule has 0 amide bonds. The Kier molecular flexibility index (Phi) is 11.1. The molecule has 2 unspecified atom stereocenters. The minimum absolute atomic E-state index is 0.0589. The fraction of sp³-hybridized carbons (Fsp3) is 0.762. The van der Waals surface area contributed by atoms with E-state index in [1.807, 2.05) is 6.08 Å². The smallest absolute Gasteiger partial charge is 0.303 e. The topological polar surface area (TPSA) is 71.4 Å². The Balaban J connectivity index is 2.27. The molecule has 1 N–H and O–H groups in total. The molecule has 142 valence electrons. The largest absolute Gasteiger partial charge is 0.481 e. The first-order valence-corrected chi connectivity index (χ1v) is 10.00. The molecule has 1 aliphatic rings. The SMILES string of the molecule is CCCCCCC(=O)/C=C/C1CCC(=O)C1CCCCCCC(=O)O. The van der Waals surface area contributed by atoms with Crippen LogP contribution in [0.2, 0.25) is 0 Å². The van der Waals surface area contributed by atoms with Crippen LogP contribution in [0.3, 0.4) is 0 Å². The van der Waals surface area contributed by atoms with E-state index in [1.54, 1.807) is 6.08 Å². The van der Waals surface area contributed by atoms with Crippen molar-refractivity contribution in [1.29, 1.82) is 0 Å². The zero-order valence-corrected chi connectivity index (χ0v) is 15.7. The van der Waals surface area contributed by atoms with Gasteiger partial charge in [0, 0.05) is 25.2 Å². The van der Waals surface area contributed by atoms with E-state index in [0.29, 0.717) is 25.0 Å². The number of hydrogen-bond acceptors (Lipinski definition) is 3.